The molecule has 2 aromatic heterocycles. The van der Waals surface area contributed by atoms with E-state index in [4.69, 9.17) is 10.5 Å². The molecule has 264 valence electrons. The molecule has 0 bridgehead atoms. The molecule has 1 amide bonds. The minimum Gasteiger partial charge on any atom is -0.461 e. The normalized spacial score (nSPS) is 23.9. The number of rotatable bonds is 6. The molecule has 0 saturated carbocycles. The molecule has 3 fully saturated rings. The fourth-order valence-corrected chi connectivity index (χ4v) is 8.64. The Labute approximate surface area is 285 Å². The number of halogens is 7. The first-order valence-corrected chi connectivity index (χ1v) is 16.6. The summed E-state index contributed by atoms with van der Waals surface area (Å²) in [5.41, 5.74) is 1.38. The Hall–Kier alpha value is -4.43. The molecular formula is C33H30F7N7O2S. The third-order valence-corrected chi connectivity index (χ3v) is 11.1. The first-order chi connectivity index (χ1) is 23.6. The molecule has 5 heterocycles. The number of carbonyl (C=O) groups is 1. The number of aromatic nitrogens is 2. The van der Waals surface area contributed by atoms with Crippen LogP contribution in [0.2, 0.25) is 0 Å². The molecule has 4 aromatic rings. The molecule has 4 unspecified atom stereocenters. The zero-order valence-electron chi connectivity index (χ0n) is 26.8. The molecule has 3 aliphatic heterocycles. The smallest absolute Gasteiger partial charge is 0.417 e. The van der Waals surface area contributed by atoms with Gasteiger partial charge in [-0.05, 0) is 37.1 Å². The van der Waals surface area contributed by atoms with E-state index < -0.39 is 81.2 Å². The SMILES string of the molecule is CC(=O)N1CC(F)C(N(C)c2nc(OCC34CCCN3CC(F)C4)nc3c(F)c(-c4ccc(F)c5sc(N)c(C#N)c45)c(C(F)(F)F)cc23)C1. The fourth-order valence-electron chi connectivity index (χ4n) is 7.69. The largest absolute Gasteiger partial charge is 0.461 e. The number of nitrogens with zero attached hydrogens (tertiary/aromatic N) is 6. The number of nitrogen functional groups attached to an aromatic ring is 1. The molecule has 2 N–H and O–H groups in total. The first-order valence-electron chi connectivity index (χ1n) is 15.8. The minimum atomic E-state index is -5.19. The van der Waals surface area contributed by atoms with E-state index in [9.17, 15) is 32.0 Å². The van der Waals surface area contributed by atoms with Gasteiger partial charge in [0.25, 0.3) is 0 Å². The Bertz CT molecular complexity index is 2090. The molecule has 0 aliphatic carbocycles. The number of carbonyl (C=O) groups excluding carboxylic acids is 1. The fraction of sp³-hybridized carbons (Fsp3) is 0.455. The van der Waals surface area contributed by atoms with Crippen LogP contribution in [0.4, 0.5) is 41.6 Å². The van der Waals surface area contributed by atoms with Crippen LogP contribution in [0.3, 0.4) is 0 Å². The van der Waals surface area contributed by atoms with Crippen molar-refractivity contribution < 1.29 is 40.3 Å². The summed E-state index contributed by atoms with van der Waals surface area (Å²) in [6, 6.07) is 2.71. The predicted molar refractivity (Wildman–Crippen MR) is 172 cm³/mol. The molecule has 7 rings (SSSR count). The zero-order valence-corrected chi connectivity index (χ0v) is 27.6. The number of hydrogen-bond acceptors (Lipinski definition) is 9. The summed E-state index contributed by atoms with van der Waals surface area (Å²) >= 11 is 0.643. The highest BCUT2D eigenvalue weighted by Crippen LogP contribution is 2.48. The van der Waals surface area contributed by atoms with E-state index in [0.29, 0.717) is 30.4 Å². The van der Waals surface area contributed by atoms with Gasteiger partial charge in [-0.2, -0.15) is 28.4 Å². The van der Waals surface area contributed by atoms with Gasteiger partial charge in [-0.15, -0.1) is 11.3 Å². The highest BCUT2D eigenvalue weighted by Gasteiger charge is 2.49. The van der Waals surface area contributed by atoms with Gasteiger partial charge in [0.2, 0.25) is 5.91 Å². The highest BCUT2D eigenvalue weighted by atomic mass is 32.1. The lowest BCUT2D eigenvalue weighted by atomic mass is 9.92. The topological polar surface area (TPSA) is 112 Å². The van der Waals surface area contributed by atoms with Crippen molar-refractivity contribution in [2.24, 2.45) is 0 Å². The number of amides is 1. The maximum atomic E-state index is 17.0. The Morgan fingerprint density at radius 1 is 1.22 bits per heavy atom. The second-order valence-electron chi connectivity index (χ2n) is 13.1. The van der Waals surface area contributed by atoms with Crippen molar-refractivity contribution in [1.29, 1.82) is 5.26 Å². The summed E-state index contributed by atoms with van der Waals surface area (Å²) in [6.45, 7) is 1.63. The number of nitrogens with two attached hydrogens (primary N) is 1. The van der Waals surface area contributed by atoms with Gasteiger partial charge < -0.3 is 20.3 Å². The third kappa shape index (κ3) is 5.43. The molecule has 0 spiro atoms. The molecule has 4 atom stereocenters. The van der Waals surface area contributed by atoms with Gasteiger partial charge >= 0.3 is 12.2 Å². The average molecular weight is 722 g/mol. The van der Waals surface area contributed by atoms with Crippen LogP contribution in [0.25, 0.3) is 32.1 Å². The summed E-state index contributed by atoms with van der Waals surface area (Å²) in [5, 5.41) is 8.90. The van der Waals surface area contributed by atoms with Crippen molar-refractivity contribution in [2.45, 2.75) is 56.3 Å². The standard InChI is InChI=1S/C33H30F7N7O2S/c1-15(48)46-12-22(36)23(13-46)45(2)30-18-8-20(33(38,39)40)25(17-4-5-21(35)28-24(17)19(10-41)29(42)50-28)26(37)27(18)43-31(44-30)49-14-32-6-3-7-47(32)11-16(34)9-32/h4-5,8,16,22-23H,3,6-7,9,11-14,42H2,1-2H3. The number of nitriles is 1. The van der Waals surface area contributed by atoms with Gasteiger partial charge in [-0.25, -0.2) is 17.6 Å². The van der Waals surface area contributed by atoms with Crippen LogP contribution >= 0.6 is 11.3 Å². The number of benzene rings is 2. The van der Waals surface area contributed by atoms with Crippen LogP contribution in [-0.4, -0.2) is 89.4 Å². The maximum absolute atomic E-state index is 17.0. The van der Waals surface area contributed by atoms with Crippen LogP contribution < -0.4 is 15.4 Å². The Kier molecular flexibility index (Phi) is 8.25. The van der Waals surface area contributed by atoms with Gasteiger partial charge in [-0.3, -0.25) is 9.69 Å². The quantitative estimate of drug-likeness (QED) is 0.234. The lowest BCUT2D eigenvalue weighted by Gasteiger charge is -2.31. The molecule has 50 heavy (non-hydrogen) atoms. The van der Waals surface area contributed by atoms with Gasteiger partial charge in [0.1, 0.15) is 47.2 Å². The Morgan fingerprint density at radius 2 is 1.98 bits per heavy atom. The molecule has 9 nitrogen and oxygen atoms in total. The lowest BCUT2D eigenvalue weighted by Crippen LogP contribution is -2.43. The molecule has 2 aromatic carbocycles. The van der Waals surface area contributed by atoms with E-state index in [1.54, 1.807) is 6.07 Å². The Morgan fingerprint density at radius 3 is 2.66 bits per heavy atom. The van der Waals surface area contributed by atoms with Crippen LogP contribution in [0, 0.1) is 23.0 Å². The van der Waals surface area contributed by atoms with Crippen molar-refractivity contribution in [2.75, 3.05) is 50.5 Å². The summed E-state index contributed by atoms with van der Waals surface area (Å²) in [6.07, 6.45) is -6.34. The number of hydrogen-bond donors (Lipinski definition) is 1. The number of likely N-dealkylation sites (N-methyl/N-ethyl adjacent to an activating group) is 1. The monoisotopic (exact) mass is 721 g/mol. The maximum Gasteiger partial charge on any atom is 0.417 e. The van der Waals surface area contributed by atoms with Gasteiger partial charge in [0, 0.05) is 49.8 Å². The number of ether oxygens (including phenoxy) is 1. The van der Waals surface area contributed by atoms with Crippen molar-refractivity contribution in [3.05, 3.63) is 41.0 Å². The van der Waals surface area contributed by atoms with E-state index in [1.165, 1.54) is 23.8 Å². The Balaban J connectivity index is 1.45. The van der Waals surface area contributed by atoms with E-state index in [1.807, 2.05) is 4.90 Å². The van der Waals surface area contributed by atoms with E-state index in [2.05, 4.69) is 9.97 Å². The van der Waals surface area contributed by atoms with Crippen molar-refractivity contribution >= 4 is 49.1 Å². The number of fused-ring (bicyclic) bond motifs is 3. The third-order valence-electron chi connectivity index (χ3n) is 10.1. The molecule has 17 heteroatoms. The number of alkyl halides is 5. The van der Waals surface area contributed by atoms with Gasteiger partial charge in [-0.1, -0.05) is 6.07 Å². The first kappa shape index (κ1) is 34.0. The lowest BCUT2D eigenvalue weighted by molar-refractivity contribution is -0.137. The number of anilines is 2. The van der Waals surface area contributed by atoms with Gasteiger partial charge in [0.05, 0.1) is 34.0 Å². The van der Waals surface area contributed by atoms with Crippen LogP contribution in [0.5, 0.6) is 6.01 Å². The van der Waals surface area contributed by atoms with Crippen molar-refractivity contribution in [3.8, 4) is 23.2 Å². The molecule has 0 radical (unpaired) electrons. The van der Waals surface area contributed by atoms with Crippen LogP contribution in [0.15, 0.2) is 18.2 Å². The predicted octanol–water partition coefficient (Wildman–Crippen LogP) is 6.22. The number of thiophene rings is 1. The summed E-state index contributed by atoms with van der Waals surface area (Å²) in [5.74, 6) is -3.04. The minimum absolute atomic E-state index is 0.0945. The van der Waals surface area contributed by atoms with Crippen molar-refractivity contribution in [1.82, 2.24) is 19.8 Å². The van der Waals surface area contributed by atoms with E-state index >= 15 is 8.78 Å². The van der Waals surface area contributed by atoms with E-state index in [0.717, 1.165) is 18.6 Å². The van der Waals surface area contributed by atoms with Crippen molar-refractivity contribution in [3.63, 3.8) is 0 Å². The highest BCUT2D eigenvalue weighted by molar-refractivity contribution is 7.23. The molecule has 3 aliphatic rings. The van der Waals surface area contributed by atoms with E-state index in [-0.39, 0.29) is 59.1 Å². The molecular weight excluding hydrogens is 691 g/mol. The summed E-state index contributed by atoms with van der Waals surface area (Å²) in [4.78, 5) is 25.1. The summed E-state index contributed by atoms with van der Waals surface area (Å²) < 4.78 is 112. The summed E-state index contributed by atoms with van der Waals surface area (Å²) in [7, 11) is 1.37. The second kappa shape index (κ2) is 12.1. The second-order valence-corrected chi connectivity index (χ2v) is 14.1. The number of likely N-dealkylation sites (tertiary alicyclic amines) is 1. The average Bonchev–Trinajstić information content (AvgIpc) is 3.80. The molecule has 3 saturated heterocycles. The van der Waals surface area contributed by atoms with Crippen LogP contribution in [-0.2, 0) is 11.0 Å². The van der Waals surface area contributed by atoms with Crippen LogP contribution in [0.1, 0.15) is 37.3 Å². The zero-order chi connectivity index (χ0) is 35.9. The van der Waals surface area contributed by atoms with Gasteiger partial charge in [0.15, 0.2) is 5.82 Å².